The predicted molar refractivity (Wildman–Crippen MR) is 90.8 cm³/mol. The summed E-state index contributed by atoms with van der Waals surface area (Å²) in [5.41, 5.74) is 1.39. The Kier molecular flexibility index (Phi) is 5.18. The standard InChI is InChI=1S/C19H30N2/c1-2-16-12-18(20-13-17-8-6-7-9-17)15-21(14-16)19-10-4-3-5-11-19/h3-5,10-11,16-18,20H,2,6-9,12-15H2,1H3. The van der Waals surface area contributed by atoms with Crippen LogP contribution in [0.4, 0.5) is 5.69 Å². The van der Waals surface area contributed by atoms with Gasteiger partial charge < -0.3 is 10.2 Å². The van der Waals surface area contributed by atoms with Crippen LogP contribution in [0.25, 0.3) is 0 Å². The van der Waals surface area contributed by atoms with E-state index in [0.29, 0.717) is 6.04 Å². The van der Waals surface area contributed by atoms with Crippen molar-refractivity contribution in [3.05, 3.63) is 30.3 Å². The van der Waals surface area contributed by atoms with Crippen LogP contribution in [0.1, 0.15) is 45.4 Å². The molecule has 0 bridgehead atoms. The number of para-hydroxylation sites is 1. The Hall–Kier alpha value is -1.02. The van der Waals surface area contributed by atoms with Crippen molar-refractivity contribution in [2.24, 2.45) is 11.8 Å². The lowest BCUT2D eigenvalue weighted by Crippen LogP contribution is -2.50. The second-order valence-electron chi connectivity index (χ2n) is 7.01. The molecule has 1 aliphatic heterocycles. The minimum atomic E-state index is 0.671. The summed E-state index contributed by atoms with van der Waals surface area (Å²) in [7, 11) is 0. The molecule has 21 heavy (non-hydrogen) atoms. The van der Waals surface area contributed by atoms with E-state index in [9.17, 15) is 0 Å². The van der Waals surface area contributed by atoms with Gasteiger partial charge in [-0.05, 0) is 49.8 Å². The molecule has 116 valence electrons. The van der Waals surface area contributed by atoms with E-state index in [0.717, 1.165) is 11.8 Å². The van der Waals surface area contributed by atoms with Crippen LogP contribution in [0.3, 0.4) is 0 Å². The molecule has 1 aromatic carbocycles. The minimum Gasteiger partial charge on any atom is -0.370 e. The summed E-state index contributed by atoms with van der Waals surface area (Å²) in [5.74, 6) is 1.78. The Labute approximate surface area is 129 Å². The van der Waals surface area contributed by atoms with Crippen molar-refractivity contribution in [3.8, 4) is 0 Å². The molecule has 1 heterocycles. The Bertz CT molecular complexity index is 411. The molecule has 0 radical (unpaired) electrons. The van der Waals surface area contributed by atoms with E-state index in [2.05, 4.69) is 47.5 Å². The van der Waals surface area contributed by atoms with Crippen molar-refractivity contribution in [2.75, 3.05) is 24.5 Å². The van der Waals surface area contributed by atoms with Crippen molar-refractivity contribution in [2.45, 2.75) is 51.5 Å². The monoisotopic (exact) mass is 286 g/mol. The third-order valence-electron chi connectivity index (χ3n) is 5.41. The molecule has 2 atom stereocenters. The zero-order valence-corrected chi connectivity index (χ0v) is 13.4. The maximum absolute atomic E-state index is 3.89. The lowest BCUT2D eigenvalue weighted by atomic mass is 9.91. The summed E-state index contributed by atoms with van der Waals surface area (Å²) in [6.07, 6.45) is 8.44. The summed E-state index contributed by atoms with van der Waals surface area (Å²) in [6, 6.07) is 11.6. The van der Waals surface area contributed by atoms with Gasteiger partial charge in [0.25, 0.3) is 0 Å². The van der Waals surface area contributed by atoms with E-state index < -0.39 is 0 Å². The molecule has 0 amide bonds. The SMILES string of the molecule is CCC1CC(NCC2CCCC2)CN(c2ccccc2)C1. The van der Waals surface area contributed by atoms with E-state index in [1.165, 1.54) is 63.8 Å². The lowest BCUT2D eigenvalue weighted by Gasteiger charge is -2.39. The first-order valence-electron chi connectivity index (χ1n) is 8.88. The first-order chi connectivity index (χ1) is 10.3. The van der Waals surface area contributed by atoms with Crippen molar-refractivity contribution in [3.63, 3.8) is 0 Å². The van der Waals surface area contributed by atoms with E-state index in [1.54, 1.807) is 0 Å². The highest BCUT2D eigenvalue weighted by Crippen LogP contribution is 2.27. The van der Waals surface area contributed by atoms with Gasteiger partial charge in [-0.15, -0.1) is 0 Å². The van der Waals surface area contributed by atoms with Crippen LogP contribution in [0.2, 0.25) is 0 Å². The van der Waals surface area contributed by atoms with Gasteiger partial charge in [0.15, 0.2) is 0 Å². The maximum Gasteiger partial charge on any atom is 0.0366 e. The lowest BCUT2D eigenvalue weighted by molar-refractivity contribution is 0.312. The van der Waals surface area contributed by atoms with Crippen LogP contribution < -0.4 is 10.2 Å². The Morgan fingerprint density at radius 1 is 1.05 bits per heavy atom. The smallest absolute Gasteiger partial charge is 0.0366 e. The van der Waals surface area contributed by atoms with E-state index >= 15 is 0 Å². The normalized spacial score (nSPS) is 27.2. The quantitative estimate of drug-likeness (QED) is 0.877. The third-order valence-corrected chi connectivity index (χ3v) is 5.41. The fraction of sp³-hybridized carbons (Fsp3) is 0.684. The number of anilines is 1. The maximum atomic E-state index is 3.89. The van der Waals surface area contributed by atoms with Gasteiger partial charge in [0.2, 0.25) is 0 Å². The molecule has 2 heteroatoms. The topological polar surface area (TPSA) is 15.3 Å². The predicted octanol–water partition coefficient (Wildman–Crippen LogP) is 4.07. The first-order valence-corrected chi connectivity index (χ1v) is 8.88. The molecule has 3 rings (SSSR count). The molecule has 1 aliphatic carbocycles. The number of hydrogen-bond donors (Lipinski definition) is 1. The summed E-state index contributed by atoms with van der Waals surface area (Å²) in [5, 5.41) is 3.89. The summed E-state index contributed by atoms with van der Waals surface area (Å²) in [4.78, 5) is 2.59. The Balaban J connectivity index is 1.58. The molecule has 0 spiro atoms. The number of hydrogen-bond acceptors (Lipinski definition) is 2. The van der Waals surface area contributed by atoms with Crippen molar-refractivity contribution in [1.29, 1.82) is 0 Å². The molecular weight excluding hydrogens is 256 g/mol. The van der Waals surface area contributed by atoms with Gasteiger partial charge in [-0.2, -0.15) is 0 Å². The van der Waals surface area contributed by atoms with E-state index in [4.69, 9.17) is 0 Å². The first kappa shape index (κ1) is 14.9. The van der Waals surface area contributed by atoms with Crippen LogP contribution in [-0.4, -0.2) is 25.7 Å². The van der Waals surface area contributed by atoms with Gasteiger partial charge in [-0.1, -0.05) is 44.4 Å². The van der Waals surface area contributed by atoms with Gasteiger partial charge >= 0.3 is 0 Å². The zero-order valence-electron chi connectivity index (χ0n) is 13.4. The number of nitrogens with zero attached hydrogens (tertiary/aromatic N) is 1. The highest BCUT2D eigenvalue weighted by atomic mass is 15.2. The van der Waals surface area contributed by atoms with Gasteiger partial charge in [0.1, 0.15) is 0 Å². The molecule has 0 aromatic heterocycles. The van der Waals surface area contributed by atoms with Gasteiger partial charge in [-0.3, -0.25) is 0 Å². The molecular formula is C19H30N2. The van der Waals surface area contributed by atoms with Gasteiger partial charge in [0.05, 0.1) is 0 Å². The molecule has 1 N–H and O–H groups in total. The molecule has 2 nitrogen and oxygen atoms in total. The summed E-state index contributed by atoms with van der Waals surface area (Å²) in [6.45, 7) is 5.98. The highest BCUT2D eigenvalue weighted by Gasteiger charge is 2.27. The second kappa shape index (κ2) is 7.31. The van der Waals surface area contributed by atoms with Gasteiger partial charge in [-0.25, -0.2) is 0 Å². The largest absolute Gasteiger partial charge is 0.370 e. The number of piperidine rings is 1. The Morgan fingerprint density at radius 3 is 2.52 bits per heavy atom. The van der Waals surface area contributed by atoms with Crippen LogP contribution in [0, 0.1) is 11.8 Å². The average Bonchev–Trinajstić information content (AvgIpc) is 3.07. The Morgan fingerprint density at radius 2 is 1.81 bits per heavy atom. The molecule has 1 saturated heterocycles. The van der Waals surface area contributed by atoms with Crippen LogP contribution in [0.5, 0.6) is 0 Å². The third kappa shape index (κ3) is 4.00. The van der Waals surface area contributed by atoms with Crippen molar-refractivity contribution >= 4 is 5.69 Å². The molecule has 2 aliphatic rings. The molecule has 1 aromatic rings. The molecule has 2 fully saturated rings. The van der Waals surface area contributed by atoms with Crippen molar-refractivity contribution < 1.29 is 0 Å². The number of nitrogens with one attached hydrogen (secondary N) is 1. The summed E-state index contributed by atoms with van der Waals surface area (Å²) >= 11 is 0. The highest BCUT2D eigenvalue weighted by molar-refractivity contribution is 5.46. The van der Waals surface area contributed by atoms with E-state index in [-0.39, 0.29) is 0 Å². The fourth-order valence-corrected chi connectivity index (χ4v) is 4.04. The van der Waals surface area contributed by atoms with Crippen LogP contribution in [0.15, 0.2) is 30.3 Å². The van der Waals surface area contributed by atoms with Gasteiger partial charge in [0, 0.05) is 24.8 Å². The molecule has 2 unspecified atom stereocenters. The van der Waals surface area contributed by atoms with E-state index in [1.807, 2.05) is 0 Å². The number of rotatable bonds is 5. The second-order valence-corrected chi connectivity index (χ2v) is 7.01. The fourth-order valence-electron chi connectivity index (χ4n) is 4.04. The average molecular weight is 286 g/mol. The zero-order chi connectivity index (χ0) is 14.5. The van der Waals surface area contributed by atoms with Crippen molar-refractivity contribution in [1.82, 2.24) is 5.32 Å². The van der Waals surface area contributed by atoms with Crippen LogP contribution in [-0.2, 0) is 0 Å². The molecule has 1 saturated carbocycles. The number of benzene rings is 1. The minimum absolute atomic E-state index is 0.671. The van der Waals surface area contributed by atoms with Crippen LogP contribution >= 0.6 is 0 Å². The summed E-state index contributed by atoms with van der Waals surface area (Å²) < 4.78 is 0.